The van der Waals surface area contributed by atoms with Crippen molar-refractivity contribution >= 4 is 11.6 Å². The average molecular weight is 422 g/mol. The third-order valence-electron chi connectivity index (χ3n) is 5.29. The van der Waals surface area contributed by atoms with Gasteiger partial charge in [0.1, 0.15) is 5.69 Å². The van der Waals surface area contributed by atoms with Crippen LogP contribution in [-0.4, -0.2) is 25.9 Å². The molecule has 158 valence electrons. The van der Waals surface area contributed by atoms with Gasteiger partial charge < -0.3 is 5.32 Å². The van der Waals surface area contributed by atoms with Gasteiger partial charge in [-0.05, 0) is 68.3 Å². The maximum Gasteiger partial charge on any atom is 0.255 e. The molecule has 32 heavy (non-hydrogen) atoms. The molecule has 2 aromatic carbocycles. The van der Waals surface area contributed by atoms with Crippen LogP contribution in [0.15, 0.2) is 73.2 Å². The molecule has 0 saturated carbocycles. The highest BCUT2D eigenvalue weighted by Crippen LogP contribution is 2.25. The lowest BCUT2D eigenvalue weighted by atomic mass is 9.86. The van der Waals surface area contributed by atoms with E-state index >= 15 is 0 Å². The molecule has 0 aliphatic carbocycles. The number of nitriles is 1. The van der Waals surface area contributed by atoms with Crippen LogP contribution < -0.4 is 5.32 Å². The van der Waals surface area contributed by atoms with Crippen molar-refractivity contribution in [3.8, 4) is 23.0 Å². The standard InChI is InChI=1S/C25H22N6O/c1-17-9-10-18(24(32)28-21-8-4-7-20(13-21)25(2,3)16-26)12-23(17)31-15-22(29-30-31)19-6-5-11-27-14-19/h4-15H,1-3H3,(H,28,32). The van der Waals surface area contributed by atoms with Crippen molar-refractivity contribution in [2.24, 2.45) is 0 Å². The second-order valence-electron chi connectivity index (χ2n) is 8.06. The van der Waals surface area contributed by atoms with Crippen molar-refractivity contribution in [2.75, 3.05) is 5.32 Å². The number of nitrogens with zero attached hydrogens (tertiary/aromatic N) is 5. The van der Waals surface area contributed by atoms with Crippen LogP contribution in [-0.2, 0) is 5.41 Å². The van der Waals surface area contributed by atoms with Crippen molar-refractivity contribution in [3.63, 3.8) is 0 Å². The number of anilines is 1. The van der Waals surface area contributed by atoms with Gasteiger partial charge in [-0.1, -0.05) is 23.4 Å². The Labute approximate surface area is 186 Å². The van der Waals surface area contributed by atoms with Crippen LogP contribution in [0.4, 0.5) is 5.69 Å². The molecule has 0 fully saturated rings. The number of amides is 1. The molecular weight excluding hydrogens is 400 g/mol. The van der Waals surface area contributed by atoms with Crippen molar-refractivity contribution in [2.45, 2.75) is 26.2 Å². The largest absolute Gasteiger partial charge is 0.322 e. The Balaban J connectivity index is 1.60. The summed E-state index contributed by atoms with van der Waals surface area (Å²) in [5, 5.41) is 20.8. The Kier molecular flexibility index (Phi) is 5.52. The van der Waals surface area contributed by atoms with Gasteiger partial charge in [-0.15, -0.1) is 5.10 Å². The van der Waals surface area contributed by atoms with Crippen molar-refractivity contribution in [1.82, 2.24) is 20.0 Å². The van der Waals surface area contributed by atoms with E-state index in [0.29, 0.717) is 16.9 Å². The highest BCUT2D eigenvalue weighted by molar-refractivity contribution is 6.04. The maximum absolute atomic E-state index is 12.9. The number of nitrogens with one attached hydrogen (secondary N) is 1. The molecule has 0 unspecified atom stereocenters. The Morgan fingerprint density at radius 2 is 1.97 bits per heavy atom. The molecule has 4 aromatic rings. The number of hydrogen-bond donors (Lipinski definition) is 1. The van der Waals surface area contributed by atoms with Crippen LogP contribution in [0.3, 0.4) is 0 Å². The minimum Gasteiger partial charge on any atom is -0.322 e. The molecule has 0 saturated heterocycles. The van der Waals surface area contributed by atoms with E-state index < -0.39 is 5.41 Å². The smallest absolute Gasteiger partial charge is 0.255 e. The number of carbonyl (C=O) groups excluding carboxylic acids is 1. The van der Waals surface area contributed by atoms with E-state index in [4.69, 9.17) is 0 Å². The maximum atomic E-state index is 12.9. The number of rotatable bonds is 5. The van der Waals surface area contributed by atoms with Gasteiger partial charge in [0, 0.05) is 29.2 Å². The first-order chi connectivity index (χ1) is 15.4. The van der Waals surface area contributed by atoms with Gasteiger partial charge in [0.05, 0.1) is 23.4 Å². The monoisotopic (exact) mass is 422 g/mol. The highest BCUT2D eigenvalue weighted by atomic mass is 16.1. The van der Waals surface area contributed by atoms with E-state index in [9.17, 15) is 10.1 Å². The van der Waals surface area contributed by atoms with Crippen molar-refractivity contribution < 1.29 is 4.79 Å². The molecule has 1 amide bonds. The number of hydrogen-bond acceptors (Lipinski definition) is 5. The lowest BCUT2D eigenvalue weighted by Gasteiger charge is -2.17. The zero-order valence-corrected chi connectivity index (χ0v) is 18.1. The van der Waals surface area contributed by atoms with Crippen LogP contribution in [0.25, 0.3) is 16.9 Å². The van der Waals surface area contributed by atoms with E-state index in [1.807, 2.05) is 69.4 Å². The molecule has 0 radical (unpaired) electrons. The average Bonchev–Trinajstić information content (AvgIpc) is 3.30. The molecule has 7 heteroatoms. The Hall–Kier alpha value is -4.31. The van der Waals surface area contributed by atoms with Crippen LogP contribution in [0, 0.1) is 18.3 Å². The summed E-state index contributed by atoms with van der Waals surface area (Å²) in [4.78, 5) is 17.1. The number of aryl methyl sites for hydroxylation is 1. The SMILES string of the molecule is Cc1ccc(C(=O)Nc2cccc(C(C)(C)C#N)c2)cc1-n1cc(-c2cccnc2)nn1. The summed E-state index contributed by atoms with van der Waals surface area (Å²) in [6.45, 7) is 5.64. The first kappa shape index (κ1) is 20.9. The van der Waals surface area contributed by atoms with Crippen LogP contribution in [0.1, 0.15) is 35.3 Å². The second-order valence-corrected chi connectivity index (χ2v) is 8.06. The van der Waals surface area contributed by atoms with Gasteiger partial charge in [0.15, 0.2) is 0 Å². The molecule has 1 N–H and O–H groups in total. The second kappa shape index (κ2) is 8.44. The highest BCUT2D eigenvalue weighted by Gasteiger charge is 2.20. The van der Waals surface area contributed by atoms with Gasteiger partial charge in [-0.2, -0.15) is 5.26 Å². The molecule has 2 heterocycles. The van der Waals surface area contributed by atoms with Crippen LogP contribution >= 0.6 is 0 Å². The Morgan fingerprint density at radius 1 is 1.12 bits per heavy atom. The predicted molar refractivity (Wildman–Crippen MR) is 122 cm³/mol. The van der Waals surface area contributed by atoms with E-state index in [0.717, 1.165) is 22.4 Å². The fourth-order valence-electron chi connectivity index (χ4n) is 3.28. The number of aromatic nitrogens is 4. The molecule has 0 atom stereocenters. The molecule has 4 rings (SSSR count). The molecule has 0 bridgehead atoms. The lowest BCUT2D eigenvalue weighted by molar-refractivity contribution is 0.102. The van der Waals surface area contributed by atoms with Crippen LogP contribution in [0.5, 0.6) is 0 Å². The summed E-state index contributed by atoms with van der Waals surface area (Å²) in [5.41, 5.74) is 4.62. The van der Waals surface area contributed by atoms with Gasteiger partial charge in [0.25, 0.3) is 5.91 Å². The summed E-state index contributed by atoms with van der Waals surface area (Å²) in [5.74, 6) is -0.245. The normalized spacial score (nSPS) is 11.1. The fourth-order valence-corrected chi connectivity index (χ4v) is 3.28. The summed E-state index contributed by atoms with van der Waals surface area (Å²) in [6.07, 6.45) is 5.25. The topological polar surface area (TPSA) is 96.5 Å². The summed E-state index contributed by atoms with van der Waals surface area (Å²) in [6, 6.07) is 18.8. The summed E-state index contributed by atoms with van der Waals surface area (Å²) in [7, 11) is 0. The lowest BCUT2D eigenvalue weighted by Crippen LogP contribution is -2.16. The van der Waals surface area contributed by atoms with Crippen LogP contribution in [0.2, 0.25) is 0 Å². The van der Waals surface area contributed by atoms with E-state index in [1.165, 1.54) is 0 Å². The third-order valence-corrected chi connectivity index (χ3v) is 5.29. The van der Waals surface area contributed by atoms with Gasteiger partial charge >= 0.3 is 0 Å². The zero-order chi connectivity index (χ0) is 22.7. The number of benzene rings is 2. The van der Waals surface area contributed by atoms with Gasteiger partial charge in [0.2, 0.25) is 0 Å². The zero-order valence-electron chi connectivity index (χ0n) is 18.1. The minimum atomic E-state index is -0.642. The fraction of sp³-hybridized carbons (Fsp3) is 0.160. The van der Waals surface area contributed by atoms with E-state index in [-0.39, 0.29) is 5.91 Å². The third kappa shape index (κ3) is 4.25. The van der Waals surface area contributed by atoms with E-state index in [1.54, 1.807) is 29.2 Å². The number of carbonyl (C=O) groups is 1. The first-order valence-corrected chi connectivity index (χ1v) is 10.1. The molecule has 2 aromatic heterocycles. The molecule has 0 aliphatic heterocycles. The number of pyridine rings is 1. The van der Waals surface area contributed by atoms with E-state index in [2.05, 4.69) is 26.7 Å². The Morgan fingerprint density at radius 3 is 2.72 bits per heavy atom. The molecule has 0 aliphatic rings. The summed E-state index contributed by atoms with van der Waals surface area (Å²) < 4.78 is 1.66. The van der Waals surface area contributed by atoms with Gasteiger partial charge in [-0.25, -0.2) is 4.68 Å². The Bertz CT molecular complexity index is 1320. The summed E-state index contributed by atoms with van der Waals surface area (Å²) >= 11 is 0. The molecular formula is C25H22N6O. The minimum absolute atomic E-state index is 0.245. The van der Waals surface area contributed by atoms with Crippen molar-refractivity contribution in [1.29, 1.82) is 5.26 Å². The first-order valence-electron chi connectivity index (χ1n) is 10.1. The quantitative estimate of drug-likeness (QED) is 0.503. The van der Waals surface area contributed by atoms with Gasteiger partial charge in [-0.3, -0.25) is 9.78 Å². The molecule has 0 spiro atoms. The van der Waals surface area contributed by atoms with Crippen molar-refractivity contribution in [3.05, 3.63) is 89.9 Å². The molecule has 7 nitrogen and oxygen atoms in total. The predicted octanol–water partition coefficient (Wildman–Crippen LogP) is 4.69.